The zero-order valence-electron chi connectivity index (χ0n) is 11.3. The molecule has 2 atom stereocenters. The van der Waals surface area contributed by atoms with Gasteiger partial charge in [0.2, 0.25) is 0 Å². The van der Waals surface area contributed by atoms with Crippen LogP contribution in [-0.4, -0.2) is 21.6 Å². The second-order valence-electron chi connectivity index (χ2n) is 4.53. The predicted molar refractivity (Wildman–Crippen MR) is 78.6 cm³/mol. The number of esters is 1. The van der Waals surface area contributed by atoms with Crippen LogP contribution < -0.4 is 0 Å². The molecule has 1 aliphatic carbocycles. The molecule has 3 nitrogen and oxygen atoms in total. The standard InChI is InChI=1S/C15H20O3S/c1-3-4-5-6-7-10-14(19)11-8-9-12-15(14,17)18-13(2)16/h8-9,11-12,17,19H,3-6H2,1-2H3/t14-,15+/m0/s1. The average Bonchev–Trinajstić information content (AvgIpc) is 2.32. The highest BCUT2D eigenvalue weighted by Crippen LogP contribution is 2.35. The summed E-state index contributed by atoms with van der Waals surface area (Å²) in [4.78, 5) is 11.1. The highest BCUT2D eigenvalue weighted by atomic mass is 32.1. The second kappa shape index (κ2) is 6.83. The maximum absolute atomic E-state index is 11.1. The predicted octanol–water partition coefficient (Wildman–Crippen LogP) is 2.62. The zero-order chi connectivity index (χ0) is 14.4. The first kappa shape index (κ1) is 15.9. The van der Waals surface area contributed by atoms with Gasteiger partial charge in [0.15, 0.2) is 4.75 Å². The molecule has 0 spiro atoms. The number of hydrogen-bond donors (Lipinski definition) is 2. The van der Waals surface area contributed by atoms with Crippen LogP contribution in [-0.2, 0) is 9.53 Å². The third-order valence-electron chi connectivity index (χ3n) is 2.80. The van der Waals surface area contributed by atoms with Crippen molar-refractivity contribution in [3.8, 4) is 11.8 Å². The van der Waals surface area contributed by atoms with Crippen molar-refractivity contribution in [1.82, 2.24) is 0 Å². The first-order valence-corrected chi connectivity index (χ1v) is 6.89. The number of aliphatic hydroxyl groups is 1. The molecule has 0 fully saturated rings. The van der Waals surface area contributed by atoms with E-state index in [2.05, 4.69) is 31.4 Å². The highest BCUT2D eigenvalue weighted by Gasteiger charge is 2.48. The first-order valence-electron chi connectivity index (χ1n) is 6.45. The van der Waals surface area contributed by atoms with Crippen LogP contribution >= 0.6 is 12.6 Å². The Morgan fingerprint density at radius 2 is 2.05 bits per heavy atom. The smallest absolute Gasteiger partial charge is 0.305 e. The van der Waals surface area contributed by atoms with Crippen LogP contribution in [0.4, 0.5) is 0 Å². The number of ether oxygens (including phenoxy) is 1. The van der Waals surface area contributed by atoms with Gasteiger partial charge in [0.25, 0.3) is 5.79 Å². The molecule has 1 aliphatic rings. The van der Waals surface area contributed by atoms with Gasteiger partial charge in [0, 0.05) is 13.3 Å². The molecule has 104 valence electrons. The second-order valence-corrected chi connectivity index (χ2v) is 5.24. The monoisotopic (exact) mass is 280 g/mol. The Labute approximate surface area is 120 Å². The van der Waals surface area contributed by atoms with Crippen molar-refractivity contribution in [2.75, 3.05) is 0 Å². The van der Waals surface area contributed by atoms with Crippen molar-refractivity contribution in [2.24, 2.45) is 0 Å². The Kier molecular flexibility index (Phi) is 5.71. The normalized spacial score (nSPS) is 28.6. The third kappa shape index (κ3) is 4.15. The molecule has 1 N–H and O–H groups in total. The van der Waals surface area contributed by atoms with Crippen LogP contribution in [0.15, 0.2) is 24.3 Å². The van der Waals surface area contributed by atoms with Gasteiger partial charge in [0.1, 0.15) is 0 Å². The van der Waals surface area contributed by atoms with Crippen molar-refractivity contribution < 1.29 is 14.6 Å². The molecule has 19 heavy (non-hydrogen) atoms. The van der Waals surface area contributed by atoms with Gasteiger partial charge in [-0.25, -0.2) is 0 Å². The van der Waals surface area contributed by atoms with Crippen molar-refractivity contribution in [1.29, 1.82) is 0 Å². The third-order valence-corrected chi connectivity index (χ3v) is 3.38. The lowest BCUT2D eigenvalue weighted by molar-refractivity contribution is -0.190. The van der Waals surface area contributed by atoms with Gasteiger partial charge in [-0.05, 0) is 18.6 Å². The molecule has 0 aromatic carbocycles. The fourth-order valence-electron chi connectivity index (χ4n) is 1.75. The lowest BCUT2D eigenvalue weighted by Gasteiger charge is -2.36. The van der Waals surface area contributed by atoms with Crippen LogP contribution in [0.5, 0.6) is 0 Å². The van der Waals surface area contributed by atoms with Gasteiger partial charge in [-0.15, -0.1) is 18.5 Å². The summed E-state index contributed by atoms with van der Waals surface area (Å²) in [6.07, 6.45) is 10.4. The number of carbonyl (C=O) groups is 1. The van der Waals surface area contributed by atoms with Gasteiger partial charge >= 0.3 is 5.97 Å². The van der Waals surface area contributed by atoms with Crippen molar-refractivity contribution in [3.63, 3.8) is 0 Å². The summed E-state index contributed by atoms with van der Waals surface area (Å²) in [6, 6.07) is 0. The molecule has 0 aromatic rings. The summed E-state index contributed by atoms with van der Waals surface area (Å²) in [5, 5.41) is 10.4. The number of allylic oxidation sites excluding steroid dienone is 2. The SMILES string of the molecule is CCCCCC#C[C@]1(S)C=CC=C[C@@]1(O)OC(C)=O. The van der Waals surface area contributed by atoms with E-state index < -0.39 is 16.5 Å². The maximum Gasteiger partial charge on any atom is 0.305 e. The maximum atomic E-state index is 11.1. The number of hydrogen-bond acceptors (Lipinski definition) is 4. The molecule has 0 unspecified atom stereocenters. The van der Waals surface area contributed by atoms with Crippen LogP contribution in [0.25, 0.3) is 0 Å². The minimum atomic E-state index is -1.82. The van der Waals surface area contributed by atoms with Gasteiger partial charge < -0.3 is 9.84 Å². The summed E-state index contributed by atoms with van der Waals surface area (Å²) < 4.78 is 3.76. The number of carbonyl (C=O) groups excluding carboxylic acids is 1. The lowest BCUT2D eigenvalue weighted by atomic mass is 9.92. The largest absolute Gasteiger partial charge is 0.427 e. The van der Waals surface area contributed by atoms with E-state index in [-0.39, 0.29) is 0 Å². The van der Waals surface area contributed by atoms with Crippen molar-refractivity contribution in [2.45, 2.75) is 50.1 Å². The molecule has 0 saturated heterocycles. The lowest BCUT2D eigenvalue weighted by Crippen LogP contribution is -2.51. The molecular weight excluding hydrogens is 260 g/mol. The number of rotatable bonds is 4. The summed E-state index contributed by atoms with van der Waals surface area (Å²) in [7, 11) is 0. The number of thiol groups is 1. The van der Waals surface area contributed by atoms with Crippen molar-refractivity contribution in [3.05, 3.63) is 24.3 Å². The van der Waals surface area contributed by atoms with Gasteiger partial charge in [-0.1, -0.05) is 37.8 Å². The van der Waals surface area contributed by atoms with E-state index in [1.54, 1.807) is 18.2 Å². The summed E-state index contributed by atoms with van der Waals surface area (Å²) in [5.74, 6) is 3.50. The minimum absolute atomic E-state index is 0.575. The van der Waals surface area contributed by atoms with Gasteiger partial charge in [0.05, 0.1) is 0 Å². The van der Waals surface area contributed by atoms with E-state index in [0.717, 1.165) is 25.7 Å². The first-order chi connectivity index (χ1) is 8.93. The van der Waals surface area contributed by atoms with E-state index in [1.165, 1.54) is 13.0 Å². The molecule has 4 heteroatoms. The molecule has 0 amide bonds. The van der Waals surface area contributed by atoms with Crippen LogP contribution in [0.2, 0.25) is 0 Å². The average molecular weight is 280 g/mol. The van der Waals surface area contributed by atoms with Gasteiger partial charge in [-0.2, -0.15) is 0 Å². The molecular formula is C15H20O3S. The molecule has 0 saturated carbocycles. The topological polar surface area (TPSA) is 46.5 Å². The molecule has 1 rings (SSSR count). The molecule has 0 aliphatic heterocycles. The highest BCUT2D eigenvalue weighted by molar-refractivity contribution is 7.82. The van der Waals surface area contributed by atoms with E-state index in [9.17, 15) is 9.90 Å². The molecule has 0 heterocycles. The van der Waals surface area contributed by atoms with E-state index in [1.807, 2.05) is 0 Å². The Morgan fingerprint density at radius 1 is 1.37 bits per heavy atom. The zero-order valence-corrected chi connectivity index (χ0v) is 12.2. The van der Waals surface area contributed by atoms with Gasteiger partial charge in [-0.3, -0.25) is 4.79 Å². The van der Waals surface area contributed by atoms with Crippen molar-refractivity contribution >= 4 is 18.6 Å². The quantitative estimate of drug-likeness (QED) is 0.274. The molecule has 0 radical (unpaired) electrons. The Hall–Kier alpha value is -1.18. The van der Waals surface area contributed by atoms with E-state index >= 15 is 0 Å². The summed E-state index contributed by atoms with van der Waals surface area (Å²) in [5.41, 5.74) is 0. The minimum Gasteiger partial charge on any atom is -0.427 e. The van der Waals surface area contributed by atoms with Crippen LogP contribution in [0.1, 0.15) is 39.5 Å². The Balaban J connectivity index is 2.83. The molecule has 0 bridgehead atoms. The summed E-state index contributed by atoms with van der Waals surface area (Å²) >= 11 is 4.39. The fourth-order valence-corrected chi connectivity index (χ4v) is 2.04. The molecule has 0 aromatic heterocycles. The van der Waals surface area contributed by atoms with Crippen LogP contribution in [0, 0.1) is 11.8 Å². The fraction of sp³-hybridized carbons (Fsp3) is 0.533. The van der Waals surface area contributed by atoms with E-state index in [4.69, 9.17) is 4.74 Å². The Morgan fingerprint density at radius 3 is 2.68 bits per heavy atom. The van der Waals surface area contributed by atoms with E-state index in [0.29, 0.717) is 0 Å². The number of unbranched alkanes of at least 4 members (excludes halogenated alkanes) is 3. The Bertz CT molecular complexity index is 444. The summed E-state index contributed by atoms with van der Waals surface area (Å²) in [6.45, 7) is 3.37. The van der Waals surface area contributed by atoms with Crippen LogP contribution in [0.3, 0.4) is 0 Å².